The molecule has 0 aliphatic rings. The van der Waals surface area contributed by atoms with Crippen molar-refractivity contribution in [1.29, 1.82) is 0 Å². The third kappa shape index (κ3) is 20.8. The maximum absolute atomic E-state index is 10.2. The van der Waals surface area contributed by atoms with E-state index in [4.69, 9.17) is 30.1 Å². The summed E-state index contributed by atoms with van der Waals surface area (Å²) in [4.78, 5) is 34.5. The molecule has 4 N–H and O–H groups in total. The van der Waals surface area contributed by atoms with Crippen LogP contribution < -0.4 is 15.5 Å². The molecule has 0 saturated heterocycles. The van der Waals surface area contributed by atoms with Crippen molar-refractivity contribution in [2.45, 2.75) is 26.3 Å². The Morgan fingerprint density at radius 1 is 1.53 bits per heavy atom. The summed E-state index contributed by atoms with van der Waals surface area (Å²) in [5.74, 6) is -0.841. The van der Waals surface area contributed by atoms with Crippen molar-refractivity contribution in [3.8, 4) is 0 Å². The van der Waals surface area contributed by atoms with E-state index in [1.54, 1.807) is 0 Å². The van der Waals surface area contributed by atoms with Gasteiger partial charge >= 0.3 is 43.7 Å². The van der Waals surface area contributed by atoms with Crippen molar-refractivity contribution in [1.82, 2.24) is 0 Å². The molecule has 0 heterocycles. The van der Waals surface area contributed by atoms with Crippen molar-refractivity contribution in [2.75, 3.05) is 0 Å². The Kier molecular flexibility index (Phi) is 14.1. The van der Waals surface area contributed by atoms with Crippen molar-refractivity contribution >= 4 is 51.5 Å². The summed E-state index contributed by atoms with van der Waals surface area (Å²) >= 11 is 0. The van der Waals surface area contributed by atoms with Gasteiger partial charge in [0, 0.05) is 0 Å². The number of nitrogens with two attached hydrogens (primary N) is 1. The van der Waals surface area contributed by atoms with E-state index in [0.717, 1.165) is 6.42 Å². The molecule has 0 aromatic rings. The van der Waals surface area contributed by atoms with Crippen LogP contribution in [0.5, 0.6) is 0 Å². The van der Waals surface area contributed by atoms with E-state index in [9.17, 15) is 4.79 Å². The van der Waals surface area contributed by atoms with Gasteiger partial charge in [-0.2, -0.15) is 0 Å². The molecule has 0 aliphatic heterocycles. The summed E-state index contributed by atoms with van der Waals surface area (Å²) in [5, 5.41) is 8.36. The Bertz CT molecular complexity index is 211. The van der Waals surface area contributed by atoms with E-state index >= 15 is 0 Å². The molecule has 7 nitrogen and oxygen atoms in total. The molecule has 0 saturated carbocycles. The first-order chi connectivity index (χ1) is 6.09. The van der Waals surface area contributed by atoms with Gasteiger partial charge in [-0.05, 0) is 5.92 Å². The molecule has 0 spiro atoms. The SMILES string of the molecule is CCC(C)C(N)C(=O)O.O=P([O-])([O-])O.[Ca+2]. The Hall–Kier alpha value is 0.800. The fourth-order valence-corrected chi connectivity index (χ4v) is 0.497. The third-order valence-corrected chi connectivity index (χ3v) is 1.54. The Morgan fingerprint density at radius 3 is 1.87 bits per heavy atom. The van der Waals surface area contributed by atoms with Crippen LogP contribution in [0.25, 0.3) is 0 Å². The second-order valence-electron chi connectivity index (χ2n) is 2.72. The molecule has 0 aliphatic carbocycles. The average molecular weight is 267 g/mol. The molecule has 2 atom stereocenters. The van der Waals surface area contributed by atoms with Crippen LogP contribution in [-0.4, -0.2) is 59.7 Å². The monoisotopic (exact) mass is 267 g/mol. The summed E-state index contributed by atoms with van der Waals surface area (Å²) < 4.78 is 8.66. The maximum Gasteiger partial charge on any atom is 2.00 e. The number of hydrogen-bond donors (Lipinski definition) is 3. The molecule has 86 valence electrons. The van der Waals surface area contributed by atoms with Crippen LogP contribution in [0.1, 0.15) is 20.3 Å². The number of carboxylic acids is 1. The second kappa shape index (κ2) is 9.99. The first-order valence-electron chi connectivity index (χ1n) is 3.82. The van der Waals surface area contributed by atoms with E-state index < -0.39 is 19.8 Å². The minimum atomic E-state index is -5.14. The van der Waals surface area contributed by atoms with Gasteiger partial charge in [0.25, 0.3) is 0 Å². The van der Waals surface area contributed by atoms with Gasteiger partial charge in [-0.15, -0.1) is 0 Å². The minimum Gasteiger partial charge on any atom is -0.790 e. The molecule has 2 unspecified atom stereocenters. The molecule has 0 fully saturated rings. The molecular formula is C6H14CaNO6P. The predicted octanol–water partition coefficient (Wildman–Crippen LogP) is -2.13. The fourth-order valence-electron chi connectivity index (χ4n) is 0.497. The standard InChI is InChI=1S/C6H13NO2.Ca.H3O4P/c1-3-4(2)5(7)6(8)9;;1-5(2,3)4/h4-5H,3,7H2,1-2H3,(H,8,9);;(H3,1,2,3,4)/q;+2;/p-2. The van der Waals surface area contributed by atoms with Crippen LogP contribution in [0.2, 0.25) is 0 Å². The quantitative estimate of drug-likeness (QED) is 0.391. The predicted molar refractivity (Wildman–Crippen MR) is 50.6 cm³/mol. The van der Waals surface area contributed by atoms with E-state index in [-0.39, 0.29) is 43.7 Å². The van der Waals surface area contributed by atoms with Gasteiger partial charge in [-0.1, -0.05) is 20.3 Å². The van der Waals surface area contributed by atoms with Crippen LogP contribution >= 0.6 is 7.82 Å². The van der Waals surface area contributed by atoms with E-state index in [1.165, 1.54) is 0 Å². The van der Waals surface area contributed by atoms with Gasteiger partial charge in [0.1, 0.15) is 6.04 Å². The van der Waals surface area contributed by atoms with Crippen LogP contribution in [0, 0.1) is 5.92 Å². The number of carboxylic acid groups (broad SMARTS) is 1. The van der Waals surface area contributed by atoms with Gasteiger partial charge in [0.2, 0.25) is 0 Å². The van der Waals surface area contributed by atoms with Gasteiger partial charge in [0.15, 0.2) is 0 Å². The minimum absolute atomic E-state index is 0. The third-order valence-electron chi connectivity index (χ3n) is 1.54. The number of aliphatic carboxylic acids is 1. The summed E-state index contributed by atoms with van der Waals surface area (Å²) in [6, 6.07) is -0.699. The number of rotatable bonds is 3. The number of hydrogen-bond acceptors (Lipinski definition) is 5. The smallest absolute Gasteiger partial charge is 0.790 e. The summed E-state index contributed by atoms with van der Waals surface area (Å²) in [6.07, 6.45) is 0.813. The molecular weight excluding hydrogens is 253 g/mol. The summed E-state index contributed by atoms with van der Waals surface area (Å²) in [6.45, 7) is 3.76. The Balaban J connectivity index is -0.000000208. The Morgan fingerprint density at radius 2 is 1.80 bits per heavy atom. The largest absolute Gasteiger partial charge is 2.00 e. The zero-order chi connectivity index (χ0) is 11.9. The maximum atomic E-state index is 10.2. The second-order valence-corrected chi connectivity index (χ2v) is 3.66. The topological polar surface area (TPSA) is 147 Å². The van der Waals surface area contributed by atoms with Gasteiger partial charge < -0.3 is 30.1 Å². The zero-order valence-electron chi connectivity index (χ0n) is 8.62. The molecule has 0 bridgehead atoms. The molecule has 0 rings (SSSR count). The number of phosphoric acid groups is 1. The zero-order valence-corrected chi connectivity index (χ0v) is 11.7. The first kappa shape index (κ1) is 21.1. The normalized spacial score (nSPS) is 14.0. The van der Waals surface area contributed by atoms with E-state index in [0.29, 0.717) is 0 Å². The van der Waals surface area contributed by atoms with Gasteiger partial charge in [0.05, 0.1) is 7.82 Å². The molecule has 0 aromatic heterocycles. The molecule has 15 heavy (non-hydrogen) atoms. The average Bonchev–Trinajstić information content (AvgIpc) is 1.98. The van der Waals surface area contributed by atoms with Crippen LogP contribution in [0.3, 0.4) is 0 Å². The first-order valence-corrected chi connectivity index (χ1v) is 5.32. The van der Waals surface area contributed by atoms with Crippen molar-refractivity contribution in [3.63, 3.8) is 0 Å². The Labute approximate surface area is 118 Å². The van der Waals surface area contributed by atoms with Crippen molar-refractivity contribution in [2.24, 2.45) is 11.7 Å². The van der Waals surface area contributed by atoms with Gasteiger partial charge in [-0.25, -0.2) is 0 Å². The van der Waals surface area contributed by atoms with Crippen molar-refractivity contribution in [3.05, 3.63) is 0 Å². The van der Waals surface area contributed by atoms with E-state index in [2.05, 4.69) is 0 Å². The van der Waals surface area contributed by atoms with Crippen LogP contribution in [0.15, 0.2) is 0 Å². The number of carbonyl (C=O) groups is 1. The molecule has 0 radical (unpaired) electrons. The van der Waals surface area contributed by atoms with Crippen molar-refractivity contribution < 1.29 is 29.1 Å². The molecule has 9 heteroatoms. The molecule has 0 amide bonds. The van der Waals surface area contributed by atoms with Gasteiger partial charge in [-0.3, -0.25) is 4.79 Å². The fraction of sp³-hybridized carbons (Fsp3) is 0.833. The summed E-state index contributed by atoms with van der Waals surface area (Å²) in [5.41, 5.74) is 5.27. The molecule has 0 aromatic carbocycles. The van der Waals surface area contributed by atoms with E-state index in [1.807, 2.05) is 13.8 Å². The van der Waals surface area contributed by atoms with Crippen LogP contribution in [0.4, 0.5) is 0 Å². The van der Waals surface area contributed by atoms with Crippen LogP contribution in [-0.2, 0) is 9.36 Å². The summed E-state index contributed by atoms with van der Waals surface area (Å²) in [7, 11) is -5.14.